The van der Waals surface area contributed by atoms with Crippen LogP contribution in [0.5, 0.6) is 11.6 Å². The van der Waals surface area contributed by atoms with E-state index in [1.54, 1.807) is 13.3 Å². The minimum Gasteiger partial charge on any atom is -0.439 e. The Morgan fingerprint density at radius 2 is 1.93 bits per heavy atom. The van der Waals surface area contributed by atoms with E-state index in [1.165, 1.54) is 0 Å². The van der Waals surface area contributed by atoms with Crippen molar-refractivity contribution in [2.75, 3.05) is 13.6 Å². The lowest BCUT2D eigenvalue weighted by Gasteiger charge is -2.14. The van der Waals surface area contributed by atoms with Gasteiger partial charge in [0.2, 0.25) is 5.88 Å². The fourth-order valence-corrected chi connectivity index (χ4v) is 2.23. The van der Waals surface area contributed by atoms with E-state index >= 15 is 0 Å². The number of hydrogen-bond donors (Lipinski definition) is 0. The van der Waals surface area contributed by atoms with Gasteiger partial charge in [-0.3, -0.25) is 0 Å². The van der Waals surface area contributed by atoms with Gasteiger partial charge >= 0.3 is 6.18 Å². The molecule has 0 aliphatic carbocycles. The lowest BCUT2D eigenvalue weighted by Crippen LogP contribution is -2.14. The van der Waals surface area contributed by atoms with Crippen molar-refractivity contribution in [3.05, 3.63) is 40.8 Å². The minimum atomic E-state index is -4.82. The molecule has 9 heteroatoms. The van der Waals surface area contributed by atoms with Crippen LogP contribution in [0.3, 0.4) is 0 Å². The smallest absolute Gasteiger partial charge is 0.419 e. The molecule has 1 aromatic carbocycles. The van der Waals surface area contributed by atoms with Crippen LogP contribution in [-0.2, 0) is 12.6 Å². The second-order valence-corrected chi connectivity index (χ2v) is 5.81. The van der Waals surface area contributed by atoms with E-state index in [0.717, 1.165) is 12.6 Å². The van der Waals surface area contributed by atoms with E-state index in [4.69, 9.17) is 4.74 Å². The lowest BCUT2D eigenvalue weighted by atomic mass is 10.1. The highest BCUT2D eigenvalue weighted by Gasteiger charge is 2.34. The summed E-state index contributed by atoms with van der Waals surface area (Å²) in [4.78, 5) is 14.4. The number of aromatic nitrogens is 2. The Balaban J connectivity index is 2.43. The Kier molecular flexibility index (Phi) is 6.35. The zero-order valence-electron chi connectivity index (χ0n) is 15.4. The number of aryl methyl sites for hydroxylation is 1. The van der Waals surface area contributed by atoms with E-state index < -0.39 is 17.6 Å². The van der Waals surface area contributed by atoms with Gasteiger partial charge in [-0.2, -0.15) is 18.2 Å². The van der Waals surface area contributed by atoms with Crippen LogP contribution >= 0.6 is 0 Å². The van der Waals surface area contributed by atoms with Crippen LogP contribution in [-0.4, -0.2) is 34.8 Å². The van der Waals surface area contributed by atoms with Gasteiger partial charge in [0, 0.05) is 24.8 Å². The molecule has 0 radical (unpaired) electrons. The van der Waals surface area contributed by atoms with Crippen LogP contribution in [0.1, 0.15) is 30.7 Å². The summed E-state index contributed by atoms with van der Waals surface area (Å²) in [5, 5.41) is 0. The molecule has 146 valence electrons. The van der Waals surface area contributed by atoms with Crippen LogP contribution < -0.4 is 4.74 Å². The van der Waals surface area contributed by atoms with E-state index in [1.807, 2.05) is 25.8 Å². The second-order valence-electron chi connectivity index (χ2n) is 5.81. The molecule has 0 N–H and O–H groups in total. The molecule has 0 saturated carbocycles. The van der Waals surface area contributed by atoms with Crippen molar-refractivity contribution in [1.29, 1.82) is 0 Å². The van der Waals surface area contributed by atoms with Gasteiger partial charge in [0.05, 0.1) is 11.9 Å². The first-order valence-corrected chi connectivity index (χ1v) is 8.32. The number of halogens is 4. The molecule has 5 nitrogen and oxygen atoms in total. The molecular weight excluding hydrogens is 364 g/mol. The van der Waals surface area contributed by atoms with Gasteiger partial charge in [0.25, 0.3) is 5.95 Å². The predicted octanol–water partition coefficient (Wildman–Crippen LogP) is 4.91. The van der Waals surface area contributed by atoms with Gasteiger partial charge in [-0.05, 0) is 38.5 Å². The number of ether oxygens (including phenoxy) is 1. The monoisotopic (exact) mass is 384 g/mol. The first-order chi connectivity index (χ1) is 12.7. The molecule has 2 aromatic rings. The standard InChI is InChI=1S/C18H20F4N4O/c1-5-13-11(3)24-17(23-10-26(4)6-2)25-16(13)27-12-7-8-15(19)14(9-12)18(20,21)22/h7-10H,5-6H2,1-4H3. The first-order valence-electron chi connectivity index (χ1n) is 8.32. The van der Waals surface area contributed by atoms with E-state index in [9.17, 15) is 17.6 Å². The van der Waals surface area contributed by atoms with Gasteiger partial charge in [-0.15, -0.1) is 0 Å². The molecule has 0 aliphatic heterocycles. The maximum Gasteiger partial charge on any atom is 0.419 e. The Hall–Kier alpha value is -2.71. The third-order valence-electron chi connectivity index (χ3n) is 3.84. The highest BCUT2D eigenvalue weighted by Crippen LogP contribution is 2.35. The number of hydrogen-bond acceptors (Lipinski definition) is 4. The summed E-state index contributed by atoms with van der Waals surface area (Å²) in [6.07, 6.45) is -2.77. The van der Waals surface area contributed by atoms with Crippen LogP contribution in [0.2, 0.25) is 0 Å². The van der Waals surface area contributed by atoms with Gasteiger partial charge in [0.1, 0.15) is 11.6 Å². The van der Waals surface area contributed by atoms with Gasteiger partial charge in [-0.1, -0.05) is 6.92 Å². The molecule has 0 unspecified atom stereocenters. The molecule has 0 atom stereocenters. The fraction of sp³-hybridized carbons (Fsp3) is 0.389. The quantitative estimate of drug-likeness (QED) is 0.403. The molecule has 1 heterocycles. The number of alkyl halides is 3. The van der Waals surface area contributed by atoms with Gasteiger partial charge in [-0.25, -0.2) is 14.4 Å². The van der Waals surface area contributed by atoms with Crippen molar-refractivity contribution in [2.24, 2.45) is 4.99 Å². The van der Waals surface area contributed by atoms with E-state index in [-0.39, 0.29) is 17.6 Å². The van der Waals surface area contributed by atoms with Crippen LogP contribution in [0.25, 0.3) is 0 Å². The van der Waals surface area contributed by atoms with Crippen LogP contribution in [0.15, 0.2) is 23.2 Å². The van der Waals surface area contributed by atoms with Crippen molar-refractivity contribution in [3.8, 4) is 11.6 Å². The number of nitrogens with zero attached hydrogens (tertiary/aromatic N) is 4. The number of aliphatic imine (C=N–C) groups is 1. The second kappa shape index (κ2) is 8.32. The molecule has 0 aliphatic rings. The Morgan fingerprint density at radius 1 is 1.22 bits per heavy atom. The predicted molar refractivity (Wildman–Crippen MR) is 94.1 cm³/mol. The van der Waals surface area contributed by atoms with Gasteiger partial charge in [0.15, 0.2) is 0 Å². The van der Waals surface area contributed by atoms with Crippen molar-refractivity contribution in [1.82, 2.24) is 14.9 Å². The molecule has 0 saturated heterocycles. The summed E-state index contributed by atoms with van der Waals surface area (Å²) in [7, 11) is 1.82. The normalized spacial score (nSPS) is 11.9. The fourth-order valence-electron chi connectivity index (χ4n) is 2.23. The van der Waals surface area contributed by atoms with Gasteiger partial charge < -0.3 is 9.64 Å². The molecule has 27 heavy (non-hydrogen) atoms. The zero-order valence-corrected chi connectivity index (χ0v) is 15.4. The third kappa shape index (κ3) is 5.15. The van der Waals surface area contributed by atoms with E-state index in [0.29, 0.717) is 29.8 Å². The Labute approximate surface area is 154 Å². The molecule has 1 aromatic heterocycles. The number of rotatable bonds is 6. The summed E-state index contributed by atoms with van der Waals surface area (Å²) in [5.74, 6) is -1.32. The summed E-state index contributed by atoms with van der Waals surface area (Å²) >= 11 is 0. The molecule has 0 bridgehead atoms. The van der Waals surface area contributed by atoms with Crippen molar-refractivity contribution >= 4 is 12.3 Å². The first kappa shape index (κ1) is 20.6. The maximum absolute atomic E-state index is 13.5. The largest absolute Gasteiger partial charge is 0.439 e. The summed E-state index contributed by atoms with van der Waals surface area (Å²) in [5.41, 5.74) is -0.158. The highest BCUT2D eigenvalue weighted by molar-refractivity contribution is 5.58. The van der Waals surface area contributed by atoms with Crippen LogP contribution in [0, 0.1) is 12.7 Å². The summed E-state index contributed by atoms with van der Waals surface area (Å²) in [6.45, 7) is 6.26. The maximum atomic E-state index is 13.5. The van der Waals surface area contributed by atoms with Crippen LogP contribution in [0.4, 0.5) is 23.5 Å². The van der Waals surface area contributed by atoms with E-state index in [2.05, 4.69) is 15.0 Å². The SMILES string of the molecule is CCc1c(C)nc(N=CN(C)CC)nc1Oc1ccc(F)c(C(F)(F)F)c1. The number of benzene rings is 1. The Bertz CT molecular complexity index is 837. The average molecular weight is 384 g/mol. The molecule has 2 rings (SSSR count). The molecule has 0 fully saturated rings. The average Bonchev–Trinajstić information content (AvgIpc) is 2.60. The van der Waals surface area contributed by atoms with Crippen molar-refractivity contribution < 1.29 is 22.3 Å². The zero-order chi connectivity index (χ0) is 20.2. The minimum absolute atomic E-state index is 0.0936. The Morgan fingerprint density at radius 3 is 2.52 bits per heavy atom. The summed E-state index contributed by atoms with van der Waals surface area (Å²) in [6, 6.07) is 2.45. The lowest BCUT2D eigenvalue weighted by molar-refractivity contribution is -0.140. The highest BCUT2D eigenvalue weighted by atomic mass is 19.4. The molecule has 0 amide bonds. The molecule has 0 spiro atoms. The topological polar surface area (TPSA) is 50.6 Å². The molecular formula is C18H20F4N4O. The van der Waals surface area contributed by atoms with Crippen molar-refractivity contribution in [3.63, 3.8) is 0 Å². The third-order valence-corrected chi connectivity index (χ3v) is 3.84. The summed E-state index contributed by atoms with van der Waals surface area (Å²) < 4.78 is 57.7. The van der Waals surface area contributed by atoms with Crippen molar-refractivity contribution in [2.45, 2.75) is 33.4 Å².